The van der Waals surface area contributed by atoms with Crippen LogP contribution in [0.5, 0.6) is 0 Å². The lowest BCUT2D eigenvalue weighted by molar-refractivity contribution is 0.00578. The first-order valence-electron chi connectivity index (χ1n) is 6.77. The minimum absolute atomic E-state index is 0.372. The molecule has 2 aromatic rings. The third kappa shape index (κ3) is 2.17. The molecule has 0 spiro atoms. The summed E-state index contributed by atoms with van der Waals surface area (Å²) in [6, 6.07) is 11.7. The van der Waals surface area contributed by atoms with Gasteiger partial charge < -0.3 is 13.8 Å². The molecule has 0 amide bonds. The first-order valence-corrected chi connectivity index (χ1v) is 6.77. The number of aromatic nitrogens is 1. The van der Waals surface area contributed by atoms with Gasteiger partial charge >= 0.3 is 7.12 Å². The lowest BCUT2D eigenvalue weighted by Crippen LogP contribution is -2.41. The maximum absolute atomic E-state index is 5.95. The monoisotopic (exact) mass is 271 g/mol. The SMILES string of the molecule is CC1(C)OB(c2cc(-c3ccccc3)on2)OC1(C)C. The van der Waals surface area contributed by atoms with Gasteiger partial charge in [-0.2, -0.15) is 0 Å². The van der Waals surface area contributed by atoms with Gasteiger partial charge in [-0.05, 0) is 27.7 Å². The van der Waals surface area contributed by atoms with Gasteiger partial charge in [-0.25, -0.2) is 0 Å². The summed E-state index contributed by atoms with van der Waals surface area (Å²) in [5.74, 6) is 0.718. The Morgan fingerprint density at radius 3 is 2.15 bits per heavy atom. The molecule has 0 N–H and O–H groups in total. The lowest BCUT2D eigenvalue weighted by atomic mass is 9.84. The van der Waals surface area contributed by atoms with Crippen LogP contribution in [0.3, 0.4) is 0 Å². The summed E-state index contributed by atoms with van der Waals surface area (Å²) in [6.45, 7) is 8.08. The number of rotatable bonds is 2. The molecule has 5 heteroatoms. The van der Waals surface area contributed by atoms with Crippen LogP contribution in [-0.2, 0) is 9.31 Å². The predicted octanol–water partition coefficient (Wildman–Crippen LogP) is 2.64. The van der Waals surface area contributed by atoms with Crippen LogP contribution in [0.25, 0.3) is 11.3 Å². The normalized spacial score (nSPS) is 20.3. The first kappa shape index (κ1) is 13.4. The minimum Gasteiger partial charge on any atom is -0.398 e. The van der Waals surface area contributed by atoms with Gasteiger partial charge in [-0.1, -0.05) is 35.5 Å². The zero-order valence-electron chi connectivity index (χ0n) is 12.2. The molecule has 104 valence electrons. The van der Waals surface area contributed by atoms with E-state index in [1.54, 1.807) is 0 Å². The van der Waals surface area contributed by atoms with E-state index in [9.17, 15) is 0 Å². The van der Waals surface area contributed by atoms with Crippen LogP contribution in [0.15, 0.2) is 40.9 Å². The van der Waals surface area contributed by atoms with E-state index < -0.39 is 7.12 Å². The fraction of sp³-hybridized carbons (Fsp3) is 0.400. The van der Waals surface area contributed by atoms with Crippen molar-refractivity contribution >= 4 is 12.7 Å². The Morgan fingerprint density at radius 1 is 0.950 bits per heavy atom. The van der Waals surface area contributed by atoms with Crippen molar-refractivity contribution in [3.63, 3.8) is 0 Å². The van der Waals surface area contributed by atoms with Crippen LogP contribution < -0.4 is 5.59 Å². The molecular weight excluding hydrogens is 253 g/mol. The lowest BCUT2D eigenvalue weighted by Gasteiger charge is -2.32. The summed E-state index contributed by atoms with van der Waals surface area (Å²) < 4.78 is 17.3. The number of nitrogens with zero attached hydrogens (tertiary/aromatic N) is 1. The second-order valence-corrected chi connectivity index (χ2v) is 6.07. The second-order valence-electron chi connectivity index (χ2n) is 6.07. The van der Waals surface area contributed by atoms with Crippen LogP contribution in [0, 0.1) is 0 Å². The van der Waals surface area contributed by atoms with Gasteiger partial charge in [0.25, 0.3) is 0 Å². The largest absolute Gasteiger partial charge is 0.518 e. The topological polar surface area (TPSA) is 44.5 Å². The van der Waals surface area contributed by atoms with E-state index in [4.69, 9.17) is 13.8 Å². The van der Waals surface area contributed by atoms with Crippen LogP contribution in [0.2, 0.25) is 0 Å². The molecule has 0 radical (unpaired) electrons. The van der Waals surface area contributed by atoms with Crippen molar-refractivity contribution in [1.29, 1.82) is 0 Å². The fourth-order valence-electron chi connectivity index (χ4n) is 2.10. The first-order chi connectivity index (χ1) is 9.39. The van der Waals surface area contributed by atoms with Gasteiger partial charge in [0, 0.05) is 11.6 Å². The third-order valence-electron chi connectivity index (χ3n) is 4.08. The highest BCUT2D eigenvalue weighted by atomic mass is 16.7. The summed E-state index contributed by atoms with van der Waals surface area (Å²) >= 11 is 0. The van der Waals surface area contributed by atoms with Crippen LogP contribution >= 0.6 is 0 Å². The molecule has 0 unspecified atom stereocenters. The second kappa shape index (κ2) is 4.47. The van der Waals surface area contributed by atoms with Gasteiger partial charge in [0.05, 0.1) is 11.2 Å². The zero-order valence-corrected chi connectivity index (χ0v) is 12.2. The maximum atomic E-state index is 5.95. The number of hydrogen-bond acceptors (Lipinski definition) is 4. The van der Waals surface area contributed by atoms with E-state index in [1.165, 1.54) is 0 Å². The van der Waals surface area contributed by atoms with E-state index in [0.29, 0.717) is 5.59 Å². The predicted molar refractivity (Wildman–Crippen MR) is 77.7 cm³/mol. The van der Waals surface area contributed by atoms with Crippen molar-refractivity contribution in [2.75, 3.05) is 0 Å². The molecule has 3 rings (SSSR count). The molecule has 2 heterocycles. The molecule has 1 saturated heterocycles. The van der Waals surface area contributed by atoms with Gasteiger partial charge in [-0.3, -0.25) is 0 Å². The molecular formula is C15H18BNO3. The van der Waals surface area contributed by atoms with E-state index in [2.05, 4.69) is 5.16 Å². The molecule has 1 aromatic carbocycles. The maximum Gasteiger partial charge on any atom is 0.518 e. The van der Waals surface area contributed by atoms with Gasteiger partial charge in [0.2, 0.25) is 0 Å². The fourth-order valence-corrected chi connectivity index (χ4v) is 2.10. The summed E-state index contributed by atoms with van der Waals surface area (Å²) in [4.78, 5) is 0. The van der Waals surface area contributed by atoms with Gasteiger partial charge in [0.15, 0.2) is 5.76 Å². The highest BCUT2D eigenvalue weighted by Crippen LogP contribution is 2.36. The zero-order chi connectivity index (χ0) is 14.4. The van der Waals surface area contributed by atoms with Crippen LogP contribution in [0.1, 0.15) is 27.7 Å². The summed E-state index contributed by atoms with van der Waals surface area (Å²) in [6.07, 6.45) is 0. The average molecular weight is 271 g/mol. The molecule has 0 bridgehead atoms. The van der Waals surface area contributed by atoms with Crippen molar-refractivity contribution in [2.45, 2.75) is 38.9 Å². The highest BCUT2D eigenvalue weighted by molar-refractivity contribution is 6.61. The Morgan fingerprint density at radius 2 is 1.55 bits per heavy atom. The van der Waals surface area contributed by atoms with E-state index in [-0.39, 0.29) is 11.2 Å². The highest BCUT2D eigenvalue weighted by Gasteiger charge is 2.52. The molecule has 20 heavy (non-hydrogen) atoms. The van der Waals surface area contributed by atoms with Crippen LogP contribution in [-0.4, -0.2) is 23.5 Å². The number of hydrogen-bond donors (Lipinski definition) is 0. The molecule has 0 saturated carbocycles. The Balaban J connectivity index is 1.86. The summed E-state index contributed by atoms with van der Waals surface area (Å²) in [5, 5.41) is 4.08. The van der Waals surface area contributed by atoms with Gasteiger partial charge in [0.1, 0.15) is 5.59 Å². The van der Waals surface area contributed by atoms with Crippen molar-refractivity contribution in [3.8, 4) is 11.3 Å². The molecule has 1 aromatic heterocycles. The Labute approximate surface area is 119 Å². The molecule has 1 fully saturated rings. The number of benzene rings is 1. The summed E-state index contributed by atoms with van der Waals surface area (Å²) in [5.41, 5.74) is 0.915. The molecule has 0 aliphatic carbocycles. The van der Waals surface area contributed by atoms with E-state index >= 15 is 0 Å². The van der Waals surface area contributed by atoms with Crippen molar-refractivity contribution in [1.82, 2.24) is 5.16 Å². The Bertz CT molecular complexity index is 591. The molecule has 4 nitrogen and oxygen atoms in total. The van der Waals surface area contributed by atoms with Gasteiger partial charge in [-0.15, -0.1) is 0 Å². The molecule has 1 aliphatic heterocycles. The van der Waals surface area contributed by atoms with Crippen molar-refractivity contribution < 1.29 is 13.8 Å². The minimum atomic E-state index is -0.485. The van der Waals surface area contributed by atoms with E-state index in [0.717, 1.165) is 11.3 Å². The Hall–Kier alpha value is -1.59. The summed E-state index contributed by atoms with van der Waals surface area (Å²) in [7, 11) is -0.485. The Kier molecular flexibility index (Phi) is 2.99. The third-order valence-corrected chi connectivity index (χ3v) is 4.08. The van der Waals surface area contributed by atoms with Crippen LogP contribution in [0.4, 0.5) is 0 Å². The van der Waals surface area contributed by atoms with E-state index in [1.807, 2.05) is 64.1 Å². The molecule has 0 atom stereocenters. The average Bonchev–Trinajstić information content (AvgIpc) is 2.94. The van der Waals surface area contributed by atoms with Crippen molar-refractivity contribution in [3.05, 3.63) is 36.4 Å². The van der Waals surface area contributed by atoms with Crippen molar-refractivity contribution in [2.24, 2.45) is 0 Å². The molecule has 1 aliphatic rings. The quantitative estimate of drug-likeness (QED) is 0.787. The standard InChI is InChI=1S/C15H18BNO3/c1-14(2)15(3,4)20-16(19-14)13-10-12(18-17-13)11-8-6-5-7-9-11/h5-10H,1-4H3. The smallest absolute Gasteiger partial charge is 0.398 e.